The Labute approximate surface area is 158 Å². The number of rotatable bonds is 3. The van der Waals surface area contributed by atoms with Gasteiger partial charge in [0, 0.05) is 25.2 Å². The maximum Gasteiger partial charge on any atom is 0.250 e. The lowest BCUT2D eigenvalue weighted by Gasteiger charge is -2.44. The highest BCUT2D eigenvalue weighted by Crippen LogP contribution is 2.36. The minimum Gasteiger partial charge on any atom is -0.369 e. The van der Waals surface area contributed by atoms with Gasteiger partial charge in [-0.1, -0.05) is 12.1 Å². The second-order valence-corrected chi connectivity index (χ2v) is 7.50. The van der Waals surface area contributed by atoms with Crippen LogP contribution in [-0.2, 0) is 16.0 Å². The van der Waals surface area contributed by atoms with Crippen LogP contribution in [0.5, 0.6) is 0 Å². The van der Waals surface area contributed by atoms with Crippen LogP contribution in [-0.4, -0.2) is 45.5 Å². The number of anilines is 2. The van der Waals surface area contributed by atoms with Gasteiger partial charge in [0.15, 0.2) is 0 Å². The van der Waals surface area contributed by atoms with Gasteiger partial charge in [-0.2, -0.15) is 5.10 Å². The van der Waals surface area contributed by atoms with Crippen molar-refractivity contribution in [2.75, 3.05) is 23.7 Å². The van der Waals surface area contributed by atoms with E-state index < -0.39 is 5.54 Å². The lowest BCUT2D eigenvalue weighted by molar-refractivity contribution is -0.134. The van der Waals surface area contributed by atoms with E-state index in [2.05, 4.69) is 20.8 Å². The summed E-state index contributed by atoms with van der Waals surface area (Å²) in [6, 6.07) is 7.73. The number of benzene rings is 1. The number of fused-ring (bicyclic) bond motifs is 1. The topological polar surface area (TPSA) is 90.1 Å². The molecular formula is C20H25N5O2. The maximum atomic E-state index is 12.7. The molecule has 0 radical (unpaired) electrons. The van der Waals surface area contributed by atoms with Gasteiger partial charge >= 0.3 is 0 Å². The van der Waals surface area contributed by atoms with Crippen molar-refractivity contribution in [3.8, 4) is 0 Å². The van der Waals surface area contributed by atoms with Crippen LogP contribution in [0.25, 0.3) is 0 Å². The van der Waals surface area contributed by atoms with Gasteiger partial charge in [0.25, 0.3) is 0 Å². The quantitative estimate of drug-likeness (QED) is 0.777. The third-order valence-electron chi connectivity index (χ3n) is 5.82. The zero-order valence-electron chi connectivity index (χ0n) is 15.8. The highest BCUT2D eigenvalue weighted by atomic mass is 16.2. The molecule has 0 atom stereocenters. The number of likely N-dealkylation sites (tertiary alicyclic amines) is 1. The first kappa shape index (κ1) is 17.6. The van der Waals surface area contributed by atoms with Gasteiger partial charge < -0.3 is 15.5 Å². The Bertz CT molecular complexity index is 861. The van der Waals surface area contributed by atoms with E-state index in [1.54, 1.807) is 0 Å². The molecule has 2 aliphatic rings. The number of amides is 2. The molecule has 0 aliphatic carbocycles. The van der Waals surface area contributed by atoms with E-state index in [-0.39, 0.29) is 11.8 Å². The van der Waals surface area contributed by atoms with Gasteiger partial charge in [-0.3, -0.25) is 14.7 Å². The number of carbonyl (C=O) groups is 2. The SMILES string of the molecule is Cc1n[nH]c(C)c1CCC(=O)N1CCC2(CC1)Nc1ccccc1NC2=O. The van der Waals surface area contributed by atoms with Crippen molar-refractivity contribution in [2.24, 2.45) is 0 Å². The highest BCUT2D eigenvalue weighted by Gasteiger charge is 2.44. The molecule has 3 heterocycles. The predicted molar refractivity (Wildman–Crippen MR) is 104 cm³/mol. The molecule has 0 saturated carbocycles. The first-order valence-electron chi connectivity index (χ1n) is 9.45. The molecule has 7 nitrogen and oxygen atoms in total. The van der Waals surface area contributed by atoms with Crippen LogP contribution in [0, 0.1) is 13.8 Å². The van der Waals surface area contributed by atoms with Gasteiger partial charge in [0.1, 0.15) is 5.54 Å². The Kier molecular flexibility index (Phi) is 4.37. The van der Waals surface area contributed by atoms with E-state index in [1.807, 2.05) is 43.0 Å². The average Bonchev–Trinajstić information content (AvgIpc) is 2.99. The number of carbonyl (C=O) groups excluding carboxylic acids is 2. The first-order chi connectivity index (χ1) is 13.0. The molecule has 2 aromatic rings. The number of nitrogens with zero attached hydrogens (tertiary/aromatic N) is 2. The van der Waals surface area contributed by atoms with Gasteiger partial charge in [0.2, 0.25) is 11.8 Å². The third-order valence-corrected chi connectivity index (χ3v) is 5.82. The van der Waals surface area contributed by atoms with Gasteiger partial charge in [-0.15, -0.1) is 0 Å². The first-order valence-corrected chi connectivity index (χ1v) is 9.45. The number of aromatic amines is 1. The lowest BCUT2D eigenvalue weighted by Crippen LogP contribution is -2.59. The number of hydrogen-bond donors (Lipinski definition) is 3. The van der Waals surface area contributed by atoms with Gasteiger partial charge in [-0.05, 0) is 50.8 Å². The standard InChI is InChI=1S/C20H25N5O2/c1-13-15(14(2)24-23-13)7-8-18(26)25-11-9-20(10-12-25)19(27)21-16-5-3-4-6-17(16)22-20/h3-6,22H,7-12H2,1-2H3,(H,21,27)(H,23,24). The number of nitrogens with one attached hydrogen (secondary N) is 3. The zero-order chi connectivity index (χ0) is 19.0. The van der Waals surface area contributed by atoms with Crippen molar-refractivity contribution in [3.05, 3.63) is 41.2 Å². The molecule has 2 aliphatic heterocycles. The summed E-state index contributed by atoms with van der Waals surface area (Å²) in [4.78, 5) is 27.2. The molecule has 0 bridgehead atoms. The fourth-order valence-corrected chi connectivity index (χ4v) is 4.08. The maximum absolute atomic E-state index is 12.7. The van der Waals surface area contributed by atoms with E-state index in [0.29, 0.717) is 38.8 Å². The van der Waals surface area contributed by atoms with Crippen molar-refractivity contribution in [1.29, 1.82) is 0 Å². The zero-order valence-corrected chi connectivity index (χ0v) is 15.8. The molecule has 1 spiro atoms. The summed E-state index contributed by atoms with van der Waals surface area (Å²) < 4.78 is 0. The minimum absolute atomic E-state index is 0.00190. The highest BCUT2D eigenvalue weighted by molar-refractivity contribution is 6.06. The smallest absolute Gasteiger partial charge is 0.250 e. The molecule has 1 aromatic heterocycles. The number of hydrogen-bond acceptors (Lipinski definition) is 4. The summed E-state index contributed by atoms with van der Waals surface area (Å²) in [7, 11) is 0. The van der Waals surface area contributed by atoms with Crippen molar-refractivity contribution in [3.63, 3.8) is 0 Å². The molecule has 2 amide bonds. The van der Waals surface area contributed by atoms with E-state index in [4.69, 9.17) is 0 Å². The molecule has 1 fully saturated rings. The number of H-pyrrole nitrogens is 1. The Morgan fingerprint density at radius 1 is 1.19 bits per heavy atom. The van der Waals surface area contributed by atoms with Crippen LogP contribution in [0.4, 0.5) is 11.4 Å². The number of para-hydroxylation sites is 2. The second kappa shape index (κ2) is 6.72. The van der Waals surface area contributed by atoms with Crippen molar-refractivity contribution in [2.45, 2.75) is 45.1 Å². The van der Waals surface area contributed by atoms with Crippen molar-refractivity contribution in [1.82, 2.24) is 15.1 Å². The Morgan fingerprint density at radius 3 is 2.56 bits per heavy atom. The molecule has 27 heavy (non-hydrogen) atoms. The lowest BCUT2D eigenvalue weighted by atomic mass is 9.84. The molecule has 7 heteroatoms. The Balaban J connectivity index is 1.37. The number of aromatic nitrogens is 2. The van der Waals surface area contributed by atoms with Crippen molar-refractivity contribution >= 4 is 23.2 Å². The molecule has 3 N–H and O–H groups in total. The second-order valence-electron chi connectivity index (χ2n) is 7.50. The predicted octanol–water partition coefficient (Wildman–Crippen LogP) is 2.38. The van der Waals surface area contributed by atoms with E-state index >= 15 is 0 Å². The monoisotopic (exact) mass is 367 g/mol. The van der Waals surface area contributed by atoms with E-state index in [9.17, 15) is 9.59 Å². The fourth-order valence-electron chi connectivity index (χ4n) is 4.08. The molecular weight excluding hydrogens is 342 g/mol. The summed E-state index contributed by atoms with van der Waals surface area (Å²) >= 11 is 0. The van der Waals surface area contributed by atoms with Gasteiger partial charge in [0.05, 0.1) is 17.1 Å². The molecule has 1 aromatic carbocycles. The fraction of sp³-hybridized carbons (Fsp3) is 0.450. The van der Waals surface area contributed by atoms with Gasteiger partial charge in [-0.25, -0.2) is 0 Å². The Hall–Kier alpha value is -2.83. The van der Waals surface area contributed by atoms with Crippen LogP contribution >= 0.6 is 0 Å². The van der Waals surface area contributed by atoms with Crippen LogP contribution < -0.4 is 10.6 Å². The summed E-state index contributed by atoms with van der Waals surface area (Å²) in [5.74, 6) is 0.138. The van der Waals surface area contributed by atoms with Crippen LogP contribution in [0.1, 0.15) is 36.2 Å². The Morgan fingerprint density at radius 2 is 1.89 bits per heavy atom. The largest absolute Gasteiger partial charge is 0.369 e. The molecule has 4 rings (SSSR count). The van der Waals surface area contributed by atoms with Crippen molar-refractivity contribution < 1.29 is 9.59 Å². The van der Waals surface area contributed by atoms with Crippen LogP contribution in [0.3, 0.4) is 0 Å². The summed E-state index contributed by atoms with van der Waals surface area (Å²) in [6.07, 6.45) is 2.39. The molecule has 142 valence electrons. The minimum atomic E-state index is -0.622. The summed E-state index contributed by atoms with van der Waals surface area (Å²) in [6.45, 7) is 5.12. The van der Waals surface area contributed by atoms with Crippen LogP contribution in [0.2, 0.25) is 0 Å². The normalized spacial score (nSPS) is 18.0. The average molecular weight is 367 g/mol. The molecule has 0 unspecified atom stereocenters. The molecule has 1 saturated heterocycles. The summed E-state index contributed by atoms with van der Waals surface area (Å²) in [5, 5.41) is 13.6. The van der Waals surface area contributed by atoms with Crippen LogP contribution in [0.15, 0.2) is 24.3 Å². The number of piperidine rings is 1. The summed E-state index contributed by atoms with van der Waals surface area (Å²) in [5.41, 5.74) is 4.25. The van der Waals surface area contributed by atoms with E-state index in [0.717, 1.165) is 28.3 Å². The third kappa shape index (κ3) is 3.18. The van der Waals surface area contributed by atoms with E-state index in [1.165, 1.54) is 0 Å². The number of aryl methyl sites for hydroxylation is 2.